The summed E-state index contributed by atoms with van der Waals surface area (Å²) in [5.41, 5.74) is 4.07. The second-order valence-electron chi connectivity index (χ2n) is 5.40. The molecule has 4 nitrogen and oxygen atoms in total. The molecule has 2 N–H and O–H groups in total. The fraction of sp³-hybridized carbons (Fsp3) is 0.278. The van der Waals surface area contributed by atoms with E-state index in [1.807, 2.05) is 45.0 Å². The van der Waals surface area contributed by atoms with Crippen molar-refractivity contribution in [1.29, 1.82) is 0 Å². The molecule has 2 rings (SSSR count). The standard InChI is InChI=1S/C18H21NO3/c1-12-5-7-16(15(10-12)18(20)21)19-8-9-22-17-11-13(2)4-6-14(17)3/h4-7,10-11,19H,8-9H2,1-3H3,(H,20,21). The molecular formula is C18H21NO3. The lowest BCUT2D eigenvalue weighted by Crippen LogP contribution is -2.14. The van der Waals surface area contributed by atoms with E-state index in [1.165, 1.54) is 0 Å². The number of aromatic carboxylic acids is 1. The van der Waals surface area contributed by atoms with Crippen LogP contribution in [0.5, 0.6) is 5.75 Å². The maximum absolute atomic E-state index is 11.2. The van der Waals surface area contributed by atoms with E-state index in [4.69, 9.17) is 4.74 Å². The van der Waals surface area contributed by atoms with Gasteiger partial charge in [-0.25, -0.2) is 4.79 Å². The lowest BCUT2D eigenvalue weighted by Gasteiger charge is -2.13. The van der Waals surface area contributed by atoms with Crippen molar-refractivity contribution in [3.05, 3.63) is 58.7 Å². The number of hydrogen-bond acceptors (Lipinski definition) is 3. The number of carboxylic acids is 1. The van der Waals surface area contributed by atoms with E-state index in [1.54, 1.807) is 12.1 Å². The zero-order chi connectivity index (χ0) is 16.1. The van der Waals surface area contributed by atoms with Crippen molar-refractivity contribution in [2.75, 3.05) is 18.5 Å². The number of carboxylic acid groups (broad SMARTS) is 1. The highest BCUT2D eigenvalue weighted by molar-refractivity contribution is 5.94. The summed E-state index contributed by atoms with van der Waals surface area (Å²) < 4.78 is 5.75. The Bertz CT molecular complexity index is 680. The normalized spacial score (nSPS) is 10.3. The molecule has 0 unspecified atom stereocenters. The Morgan fingerprint density at radius 1 is 1.09 bits per heavy atom. The van der Waals surface area contributed by atoms with Crippen LogP contribution in [0.4, 0.5) is 5.69 Å². The highest BCUT2D eigenvalue weighted by Gasteiger charge is 2.09. The first-order chi connectivity index (χ1) is 10.5. The van der Waals surface area contributed by atoms with Crippen LogP contribution in [-0.2, 0) is 0 Å². The first-order valence-corrected chi connectivity index (χ1v) is 7.25. The minimum atomic E-state index is -0.929. The van der Waals surface area contributed by atoms with Gasteiger partial charge in [0.15, 0.2) is 0 Å². The van der Waals surface area contributed by atoms with Crippen molar-refractivity contribution < 1.29 is 14.6 Å². The number of nitrogens with one attached hydrogen (secondary N) is 1. The molecule has 0 spiro atoms. The number of benzene rings is 2. The van der Waals surface area contributed by atoms with Gasteiger partial charge >= 0.3 is 5.97 Å². The molecule has 2 aromatic carbocycles. The van der Waals surface area contributed by atoms with E-state index in [9.17, 15) is 9.90 Å². The number of aryl methyl sites for hydroxylation is 3. The quantitative estimate of drug-likeness (QED) is 0.797. The Labute approximate surface area is 130 Å². The Hall–Kier alpha value is -2.49. The second-order valence-corrected chi connectivity index (χ2v) is 5.40. The molecule has 0 radical (unpaired) electrons. The van der Waals surface area contributed by atoms with Crippen LogP contribution in [0.3, 0.4) is 0 Å². The first-order valence-electron chi connectivity index (χ1n) is 7.25. The molecule has 0 aromatic heterocycles. The number of rotatable bonds is 6. The molecule has 22 heavy (non-hydrogen) atoms. The van der Waals surface area contributed by atoms with Crippen molar-refractivity contribution in [3.8, 4) is 5.75 Å². The minimum absolute atomic E-state index is 0.284. The zero-order valence-corrected chi connectivity index (χ0v) is 13.1. The van der Waals surface area contributed by atoms with E-state index in [-0.39, 0.29) is 5.56 Å². The van der Waals surface area contributed by atoms with E-state index in [2.05, 4.69) is 5.32 Å². The van der Waals surface area contributed by atoms with Crippen LogP contribution in [0, 0.1) is 20.8 Å². The van der Waals surface area contributed by atoms with Gasteiger partial charge in [0.2, 0.25) is 0 Å². The third-order valence-electron chi connectivity index (χ3n) is 3.42. The first kappa shape index (κ1) is 15.9. The smallest absolute Gasteiger partial charge is 0.337 e. The summed E-state index contributed by atoms with van der Waals surface area (Å²) in [5, 5.41) is 12.3. The third kappa shape index (κ3) is 4.01. The van der Waals surface area contributed by atoms with Crippen LogP contribution in [0.25, 0.3) is 0 Å². The lowest BCUT2D eigenvalue weighted by molar-refractivity contribution is 0.0698. The largest absolute Gasteiger partial charge is 0.491 e. The molecule has 0 bridgehead atoms. The molecule has 0 fully saturated rings. The highest BCUT2D eigenvalue weighted by Crippen LogP contribution is 2.20. The van der Waals surface area contributed by atoms with Crippen molar-refractivity contribution in [1.82, 2.24) is 0 Å². The van der Waals surface area contributed by atoms with E-state index in [0.29, 0.717) is 18.8 Å². The van der Waals surface area contributed by atoms with Crippen LogP contribution in [0.2, 0.25) is 0 Å². The average Bonchev–Trinajstić information content (AvgIpc) is 2.48. The summed E-state index contributed by atoms with van der Waals surface area (Å²) >= 11 is 0. The predicted octanol–water partition coefficient (Wildman–Crippen LogP) is 3.80. The number of carbonyl (C=O) groups is 1. The molecule has 0 saturated heterocycles. The van der Waals surface area contributed by atoms with E-state index in [0.717, 1.165) is 22.4 Å². The van der Waals surface area contributed by atoms with E-state index >= 15 is 0 Å². The van der Waals surface area contributed by atoms with Crippen LogP contribution in [0.15, 0.2) is 36.4 Å². The van der Waals surface area contributed by atoms with Gasteiger partial charge in [0.25, 0.3) is 0 Å². The van der Waals surface area contributed by atoms with Gasteiger partial charge < -0.3 is 15.2 Å². The van der Waals surface area contributed by atoms with Gasteiger partial charge in [0.05, 0.1) is 5.56 Å². The highest BCUT2D eigenvalue weighted by atomic mass is 16.5. The molecule has 0 saturated carbocycles. The topological polar surface area (TPSA) is 58.6 Å². The number of anilines is 1. The van der Waals surface area contributed by atoms with Gasteiger partial charge in [-0.3, -0.25) is 0 Å². The van der Waals surface area contributed by atoms with Gasteiger partial charge in [0.1, 0.15) is 12.4 Å². The van der Waals surface area contributed by atoms with Crippen molar-refractivity contribution in [2.45, 2.75) is 20.8 Å². The van der Waals surface area contributed by atoms with E-state index < -0.39 is 5.97 Å². The minimum Gasteiger partial charge on any atom is -0.491 e. The summed E-state index contributed by atoms with van der Waals surface area (Å²) in [5.74, 6) is -0.0641. The van der Waals surface area contributed by atoms with Gasteiger partial charge in [-0.1, -0.05) is 23.8 Å². The molecule has 0 aliphatic carbocycles. The summed E-state index contributed by atoms with van der Waals surface area (Å²) in [6.45, 7) is 6.91. The van der Waals surface area contributed by atoms with Gasteiger partial charge in [0, 0.05) is 12.2 Å². The second kappa shape index (κ2) is 6.98. The molecule has 116 valence electrons. The molecule has 0 amide bonds. The Balaban J connectivity index is 1.94. The molecule has 2 aromatic rings. The summed E-state index contributed by atoms with van der Waals surface area (Å²) in [6.07, 6.45) is 0. The zero-order valence-electron chi connectivity index (χ0n) is 13.1. The third-order valence-corrected chi connectivity index (χ3v) is 3.42. The van der Waals surface area contributed by atoms with Crippen molar-refractivity contribution in [2.24, 2.45) is 0 Å². The molecule has 0 heterocycles. The molecule has 0 aliphatic heterocycles. The maximum atomic E-state index is 11.2. The SMILES string of the molecule is Cc1ccc(C)c(OCCNc2ccc(C)cc2C(=O)O)c1. The fourth-order valence-corrected chi connectivity index (χ4v) is 2.20. The van der Waals surface area contributed by atoms with Crippen LogP contribution in [0.1, 0.15) is 27.0 Å². The maximum Gasteiger partial charge on any atom is 0.337 e. The Kier molecular flexibility index (Phi) is 5.04. The Morgan fingerprint density at radius 2 is 1.77 bits per heavy atom. The van der Waals surface area contributed by atoms with Crippen LogP contribution < -0.4 is 10.1 Å². The van der Waals surface area contributed by atoms with Gasteiger partial charge in [-0.05, 0) is 50.1 Å². The molecule has 4 heteroatoms. The Morgan fingerprint density at radius 3 is 2.50 bits per heavy atom. The lowest BCUT2D eigenvalue weighted by atomic mass is 10.1. The summed E-state index contributed by atoms with van der Waals surface area (Å²) in [7, 11) is 0. The number of hydrogen-bond donors (Lipinski definition) is 2. The molecule has 0 atom stereocenters. The van der Waals surface area contributed by atoms with Crippen LogP contribution in [-0.4, -0.2) is 24.2 Å². The van der Waals surface area contributed by atoms with Gasteiger partial charge in [-0.15, -0.1) is 0 Å². The summed E-state index contributed by atoms with van der Waals surface area (Å²) in [6, 6.07) is 11.4. The summed E-state index contributed by atoms with van der Waals surface area (Å²) in [4.78, 5) is 11.2. The van der Waals surface area contributed by atoms with Crippen LogP contribution >= 0.6 is 0 Å². The average molecular weight is 299 g/mol. The molecule has 0 aliphatic rings. The van der Waals surface area contributed by atoms with Crippen molar-refractivity contribution in [3.63, 3.8) is 0 Å². The fourth-order valence-electron chi connectivity index (χ4n) is 2.20. The number of ether oxygens (including phenoxy) is 1. The van der Waals surface area contributed by atoms with Crippen molar-refractivity contribution >= 4 is 11.7 Å². The monoisotopic (exact) mass is 299 g/mol. The van der Waals surface area contributed by atoms with Gasteiger partial charge in [-0.2, -0.15) is 0 Å². The molecular weight excluding hydrogens is 278 g/mol. The predicted molar refractivity (Wildman–Crippen MR) is 88.0 cm³/mol.